The first kappa shape index (κ1) is 20.6. The summed E-state index contributed by atoms with van der Waals surface area (Å²) in [4.78, 5) is 7.28. The van der Waals surface area contributed by atoms with Crippen LogP contribution >= 0.6 is 11.6 Å². The Kier molecular flexibility index (Phi) is 5.07. The van der Waals surface area contributed by atoms with Gasteiger partial charge in [-0.15, -0.1) is 0 Å². The second-order valence-corrected chi connectivity index (χ2v) is 9.39. The molecule has 0 unspecified atom stereocenters. The molecule has 0 amide bonds. The third kappa shape index (κ3) is 3.67. The fourth-order valence-corrected chi connectivity index (χ4v) is 4.98. The standard InChI is InChI=1S/C26H24ClFN4O/c27-19-9-5-17(6-10-19)24-25(18-3-4-18)30-32-22(16-7-11-20(28)12-8-16)14-23(29-26(24)32)31-13-1-2-21(31)15-33/h5-12,14,18,21,33H,1-4,13,15H2/t21-/m0/s1. The van der Waals surface area contributed by atoms with E-state index in [2.05, 4.69) is 4.90 Å². The quantitative estimate of drug-likeness (QED) is 0.413. The zero-order valence-corrected chi connectivity index (χ0v) is 18.8. The van der Waals surface area contributed by atoms with Crippen LogP contribution in [0.1, 0.15) is 37.3 Å². The van der Waals surface area contributed by atoms with Gasteiger partial charge in [0.2, 0.25) is 0 Å². The highest BCUT2D eigenvalue weighted by atomic mass is 35.5. The third-order valence-corrected chi connectivity index (χ3v) is 6.97. The summed E-state index contributed by atoms with van der Waals surface area (Å²) in [6.07, 6.45) is 4.18. The fraction of sp³-hybridized carbons (Fsp3) is 0.308. The molecule has 0 radical (unpaired) electrons. The van der Waals surface area contributed by atoms with Crippen LogP contribution in [0.4, 0.5) is 10.2 Å². The van der Waals surface area contributed by atoms with Crippen molar-refractivity contribution in [1.82, 2.24) is 14.6 Å². The topological polar surface area (TPSA) is 53.7 Å². The minimum absolute atomic E-state index is 0.0471. The first-order valence-corrected chi connectivity index (χ1v) is 11.8. The van der Waals surface area contributed by atoms with E-state index >= 15 is 0 Å². The van der Waals surface area contributed by atoms with Gasteiger partial charge in [0.05, 0.1) is 29.6 Å². The van der Waals surface area contributed by atoms with Crippen molar-refractivity contribution in [2.24, 2.45) is 0 Å². The number of anilines is 1. The Morgan fingerprint density at radius 3 is 2.42 bits per heavy atom. The first-order chi connectivity index (χ1) is 16.1. The number of aliphatic hydroxyl groups is 1. The number of benzene rings is 2. The molecule has 1 saturated heterocycles. The van der Waals surface area contributed by atoms with Crippen molar-refractivity contribution in [1.29, 1.82) is 0 Å². The van der Waals surface area contributed by atoms with Crippen molar-refractivity contribution >= 4 is 23.1 Å². The normalized spacial score (nSPS) is 18.4. The number of nitrogens with zero attached hydrogens (tertiary/aromatic N) is 4. The van der Waals surface area contributed by atoms with Crippen LogP contribution in [0.5, 0.6) is 0 Å². The lowest BCUT2D eigenvalue weighted by Gasteiger charge is -2.25. The molecule has 5 nitrogen and oxygen atoms in total. The number of rotatable bonds is 5. The summed E-state index contributed by atoms with van der Waals surface area (Å²) in [5.41, 5.74) is 5.62. The molecule has 1 saturated carbocycles. The van der Waals surface area contributed by atoms with Crippen molar-refractivity contribution in [3.8, 4) is 22.4 Å². The molecule has 7 heteroatoms. The average Bonchev–Trinajstić information content (AvgIpc) is 3.44. The van der Waals surface area contributed by atoms with Crippen molar-refractivity contribution < 1.29 is 9.50 Å². The molecule has 168 valence electrons. The van der Waals surface area contributed by atoms with Crippen LogP contribution < -0.4 is 4.90 Å². The lowest BCUT2D eigenvalue weighted by atomic mass is 10.0. The zero-order valence-electron chi connectivity index (χ0n) is 18.1. The Morgan fingerprint density at radius 2 is 1.73 bits per heavy atom. The van der Waals surface area contributed by atoms with Crippen LogP contribution in [0.2, 0.25) is 5.02 Å². The van der Waals surface area contributed by atoms with E-state index in [9.17, 15) is 9.50 Å². The highest BCUT2D eigenvalue weighted by molar-refractivity contribution is 6.30. The summed E-state index contributed by atoms with van der Waals surface area (Å²) in [6, 6.07) is 16.4. The van der Waals surface area contributed by atoms with Crippen molar-refractivity contribution in [2.45, 2.75) is 37.6 Å². The molecule has 3 heterocycles. The van der Waals surface area contributed by atoms with E-state index in [0.717, 1.165) is 71.8 Å². The molecule has 2 aromatic carbocycles. The van der Waals surface area contributed by atoms with Crippen LogP contribution in [0, 0.1) is 5.82 Å². The minimum Gasteiger partial charge on any atom is -0.394 e. The summed E-state index contributed by atoms with van der Waals surface area (Å²) in [5.74, 6) is 0.958. The van der Waals surface area contributed by atoms with E-state index < -0.39 is 0 Å². The monoisotopic (exact) mass is 462 g/mol. The third-order valence-electron chi connectivity index (χ3n) is 6.72. The maximum absolute atomic E-state index is 13.7. The van der Waals surface area contributed by atoms with Gasteiger partial charge in [0, 0.05) is 29.1 Å². The van der Waals surface area contributed by atoms with E-state index in [0.29, 0.717) is 10.9 Å². The Morgan fingerprint density at radius 1 is 1.00 bits per heavy atom. The van der Waals surface area contributed by atoms with Crippen LogP contribution in [-0.2, 0) is 0 Å². The SMILES string of the molecule is OC[C@@H]1CCCN1c1cc(-c2ccc(F)cc2)n2nc(C3CC3)c(-c3ccc(Cl)cc3)c2n1. The molecule has 0 spiro atoms. The van der Waals surface area contributed by atoms with Gasteiger partial charge in [-0.3, -0.25) is 0 Å². The number of hydrogen-bond donors (Lipinski definition) is 1. The number of fused-ring (bicyclic) bond motifs is 1. The van der Waals surface area contributed by atoms with E-state index in [1.54, 1.807) is 12.1 Å². The zero-order chi connectivity index (χ0) is 22.5. The molecule has 4 aromatic rings. The maximum Gasteiger partial charge on any atom is 0.166 e. The highest BCUT2D eigenvalue weighted by Crippen LogP contribution is 2.46. The van der Waals surface area contributed by atoms with Gasteiger partial charge in [0.15, 0.2) is 5.65 Å². The predicted octanol–water partition coefficient (Wildman–Crippen LogP) is 5.69. The molecule has 6 rings (SSSR count). The van der Waals surface area contributed by atoms with Crippen LogP contribution in [0.15, 0.2) is 54.6 Å². The van der Waals surface area contributed by atoms with Crippen LogP contribution in [0.3, 0.4) is 0 Å². The van der Waals surface area contributed by atoms with Gasteiger partial charge < -0.3 is 10.0 Å². The Balaban J connectivity index is 1.63. The molecule has 2 fully saturated rings. The van der Waals surface area contributed by atoms with Crippen molar-refractivity contribution in [3.63, 3.8) is 0 Å². The van der Waals surface area contributed by atoms with Gasteiger partial charge in [-0.25, -0.2) is 13.9 Å². The van der Waals surface area contributed by atoms with Gasteiger partial charge >= 0.3 is 0 Å². The smallest absolute Gasteiger partial charge is 0.166 e. The summed E-state index contributed by atoms with van der Waals surface area (Å²) in [6.45, 7) is 0.937. The van der Waals surface area contributed by atoms with Gasteiger partial charge in [-0.1, -0.05) is 23.7 Å². The fourth-order valence-electron chi connectivity index (χ4n) is 4.86. The first-order valence-electron chi connectivity index (χ1n) is 11.5. The Hall–Kier alpha value is -2.96. The summed E-state index contributed by atoms with van der Waals surface area (Å²) in [5, 5.41) is 15.7. The van der Waals surface area contributed by atoms with E-state index in [4.69, 9.17) is 21.7 Å². The van der Waals surface area contributed by atoms with Crippen LogP contribution in [0.25, 0.3) is 28.0 Å². The highest BCUT2D eigenvalue weighted by Gasteiger charge is 2.33. The van der Waals surface area contributed by atoms with Gasteiger partial charge in [-0.05, 0) is 67.6 Å². The predicted molar refractivity (Wildman–Crippen MR) is 128 cm³/mol. The molecule has 0 bridgehead atoms. The van der Waals surface area contributed by atoms with Crippen molar-refractivity contribution in [3.05, 3.63) is 71.1 Å². The average molecular weight is 463 g/mol. The maximum atomic E-state index is 13.7. The molecule has 2 aliphatic rings. The number of halogens is 2. The lowest BCUT2D eigenvalue weighted by Crippen LogP contribution is -2.32. The molecule has 1 atom stereocenters. The van der Waals surface area contributed by atoms with Crippen LogP contribution in [-0.4, -0.2) is 38.9 Å². The second kappa shape index (κ2) is 8.12. The van der Waals surface area contributed by atoms with Crippen molar-refractivity contribution in [2.75, 3.05) is 18.1 Å². The molecular formula is C26H24ClFN4O. The van der Waals surface area contributed by atoms with E-state index in [1.807, 2.05) is 34.8 Å². The summed E-state index contributed by atoms with van der Waals surface area (Å²) < 4.78 is 15.6. The molecule has 2 aromatic heterocycles. The van der Waals surface area contributed by atoms with Gasteiger partial charge in [0.25, 0.3) is 0 Å². The molecule has 1 aliphatic carbocycles. The molecule has 1 aliphatic heterocycles. The number of aliphatic hydroxyl groups excluding tert-OH is 1. The minimum atomic E-state index is -0.273. The summed E-state index contributed by atoms with van der Waals surface area (Å²) in [7, 11) is 0. The van der Waals surface area contributed by atoms with E-state index in [1.165, 1.54) is 12.1 Å². The molecular weight excluding hydrogens is 439 g/mol. The van der Waals surface area contributed by atoms with E-state index in [-0.39, 0.29) is 18.5 Å². The molecule has 33 heavy (non-hydrogen) atoms. The largest absolute Gasteiger partial charge is 0.394 e. The van der Waals surface area contributed by atoms with Gasteiger partial charge in [0.1, 0.15) is 11.6 Å². The van der Waals surface area contributed by atoms with Gasteiger partial charge in [-0.2, -0.15) is 5.10 Å². The molecule has 1 N–H and O–H groups in total. The second-order valence-electron chi connectivity index (χ2n) is 8.96. The number of hydrogen-bond acceptors (Lipinski definition) is 4. The lowest BCUT2D eigenvalue weighted by molar-refractivity contribution is 0.266. The Labute approximate surface area is 196 Å². The number of aromatic nitrogens is 3. The Bertz CT molecular complexity index is 1320. The summed E-state index contributed by atoms with van der Waals surface area (Å²) >= 11 is 6.17.